The number of fused-ring (bicyclic) bond motifs is 1. The van der Waals surface area contributed by atoms with Gasteiger partial charge < -0.3 is 19.3 Å². The van der Waals surface area contributed by atoms with E-state index in [2.05, 4.69) is 4.98 Å². The monoisotopic (exact) mass is 302 g/mol. The molecule has 0 saturated carbocycles. The molecule has 0 radical (unpaired) electrons. The van der Waals surface area contributed by atoms with Crippen molar-refractivity contribution in [3.8, 4) is 0 Å². The van der Waals surface area contributed by atoms with Crippen molar-refractivity contribution in [3.05, 3.63) is 33.1 Å². The fourth-order valence-corrected chi connectivity index (χ4v) is 2.64. The molecular formula is C12H15FN2O6. The molecule has 116 valence electrons. The van der Waals surface area contributed by atoms with Gasteiger partial charge >= 0.3 is 5.69 Å². The van der Waals surface area contributed by atoms with E-state index in [1.54, 1.807) is 13.8 Å². The van der Waals surface area contributed by atoms with Gasteiger partial charge in [-0.2, -0.15) is 0 Å². The van der Waals surface area contributed by atoms with Crippen molar-refractivity contribution in [2.24, 2.45) is 0 Å². The number of alkyl halides is 1. The highest BCUT2D eigenvalue weighted by Crippen LogP contribution is 2.48. The van der Waals surface area contributed by atoms with E-state index in [0.29, 0.717) is 0 Å². The molecule has 0 aromatic carbocycles. The van der Waals surface area contributed by atoms with Crippen molar-refractivity contribution in [3.63, 3.8) is 0 Å². The number of H-pyrrole nitrogens is 1. The molecule has 3 heterocycles. The lowest BCUT2D eigenvalue weighted by Crippen LogP contribution is -2.42. The van der Waals surface area contributed by atoms with Gasteiger partial charge in [-0.05, 0) is 13.8 Å². The van der Waals surface area contributed by atoms with Crippen LogP contribution >= 0.6 is 0 Å². The Labute approximate surface area is 118 Å². The molecule has 3 rings (SSSR count). The molecular weight excluding hydrogens is 287 g/mol. The lowest BCUT2D eigenvalue weighted by Gasteiger charge is -2.27. The van der Waals surface area contributed by atoms with Gasteiger partial charge in [0, 0.05) is 12.3 Å². The van der Waals surface area contributed by atoms with Gasteiger partial charge in [-0.3, -0.25) is 14.3 Å². The maximum Gasteiger partial charge on any atom is 0.330 e. The van der Waals surface area contributed by atoms with Crippen molar-refractivity contribution in [1.82, 2.24) is 9.55 Å². The lowest BCUT2D eigenvalue weighted by molar-refractivity contribution is -0.265. The third-order valence-corrected chi connectivity index (χ3v) is 3.49. The fourth-order valence-electron chi connectivity index (χ4n) is 2.64. The maximum absolute atomic E-state index is 14.6. The van der Waals surface area contributed by atoms with E-state index in [1.807, 2.05) is 0 Å². The Morgan fingerprint density at radius 3 is 2.71 bits per heavy atom. The van der Waals surface area contributed by atoms with Crippen LogP contribution in [0.25, 0.3) is 0 Å². The first-order valence-electron chi connectivity index (χ1n) is 6.40. The van der Waals surface area contributed by atoms with Gasteiger partial charge in [0.15, 0.2) is 18.1 Å². The standard InChI is InChI=1S/C12H15FN2O6/c1-11(2)19-7-8(20-11)12(13,5-16)21-9(7)15-4-3-6(17)14-10(15)18/h3-4,7-9,16H,5H2,1-2H3,(H,14,17,18)/t7?,8-,9-,12-/m1/s1. The van der Waals surface area contributed by atoms with Crippen LogP contribution in [0, 0.1) is 0 Å². The Hall–Kier alpha value is -1.55. The SMILES string of the molecule is CC1(C)OC2[C@H](n3ccc(=O)[nH]c3=O)O[C@](F)(CO)[C@@H]2O1. The zero-order chi connectivity index (χ0) is 15.4. The summed E-state index contributed by atoms with van der Waals surface area (Å²) in [7, 11) is 0. The van der Waals surface area contributed by atoms with Crippen LogP contribution in [0.2, 0.25) is 0 Å². The van der Waals surface area contributed by atoms with Gasteiger partial charge in [0.05, 0.1) is 0 Å². The minimum absolute atomic E-state index is 0.580. The van der Waals surface area contributed by atoms with E-state index in [9.17, 15) is 19.1 Å². The molecule has 0 amide bonds. The van der Waals surface area contributed by atoms with Crippen LogP contribution in [-0.2, 0) is 14.2 Å². The Balaban J connectivity index is 2.04. The van der Waals surface area contributed by atoms with E-state index in [-0.39, 0.29) is 0 Å². The van der Waals surface area contributed by atoms with Crippen molar-refractivity contribution in [1.29, 1.82) is 0 Å². The normalized spacial score (nSPS) is 37.6. The predicted molar refractivity (Wildman–Crippen MR) is 66.2 cm³/mol. The van der Waals surface area contributed by atoms with Gasteiger partial charge in [-0.1, -0.05) is 0 Å². The molecule has 0 aliphatic carbocycles. The number of nitrogens with zero attached hydrogens (tertiary/aromatic N) is 1. The topological polar surface area (TPSA) is 103 Å². The van der Waals surface area contributed by atoms with Crippen LogP contribution in [0.1, 0.15) is 20.1 Å². The number of aromatic nitrogens is 2. The Morgan fingerprint density at radius 1 is 1.38 bits per heavy atom. The zero-order valence-corrected chi connectivity index (χ0v) is 11.4. The third-order valence-electron chi connectivity index (χ3n) is 3.49. The van der Waals surface area contributed by atoms with Crippen LogP contribution in [0.15, 0.2) is 21.9 Å². The van der Waals surface area contributed by atoms with Crippen molar-refractivity contribution < 1.29 is 23.7 Å². The number of aliphatic hydroxyl groups is 1. The van der Waals surface area contributed by atoms with E-state index in [1.165, 1.54) is 6.20 Å². The quantitative estimate of drug-likeness (QED) is 0.745. The second-order valence-electron chi connectivity index (χ2n) is 5.49. The second-order valence-corrected chi connectivity index (χ2v) is 5.49. The number of aliphatic hydroxyl groups excluding tert-OH is 1. The van der Waals surface area contributed by atoms with Gasteiger partial charge in [0.25, 0.3) is 11.4 Å². The summed E-state index contributed by atoms with van der Waals surface area (Å²) in [6.45, 7) is 2.24. The number of hydrogen-bond donors (Lipinski definition) is 2. The van der Waals surface area contributed by atoms with Crippen LogP contribution < -0.4 is 11.2 Å². The van der Waals surface area contributed by atoms with Crippen LogP contribution in [0.4, 0.5) is 4.39 Å². The second kappa shape index (κ2) is 4.47. The number of aromatic amines is 1. The van der Waals surface area contributed by atoms with Crippen molar-refractivity contribution >= 4 is 0 Å². The highest BCUT2D eigenvalue weighted by Gasteiger charge is 2.64. The maximum atomic E-state index is 14.6. The highest BCUT2D eigenvalue weighted by atomic mass is 19.2. The summed E-state index contributed by atoms with van der Waals surface area (Å²) in [5.41, 5.74) is -1.34. The molecule has 0 bridgehead atoms. The summed E-state index contributed by atoms with van der Waals surface area (Å²) in [5.74, 6) is -3.56. The number of rotatable bonds is 2. The molecule has 2 aliphatic heterocycles. The molecule has 9 heteroatoms. The summed E-state index contributed by atoms with van der Waals surface area (Å²) in [5, 5.41) is 9.24. The minimum atomic E-state index is -2.49. The van der Waals surface area contributed by atoms with Gasteiger partial charge in [0.1, 0.15) is 12.7 Å². The number of halogens is 1. The van der Waals surface area contributed by atoms with Gasteiger partial charge in [-0.15, -0.1) is 0 Å². The molecule has 21 heavy (non-hydrogen) atoms. The molecule has 2 aliphatic rings. The third kappa shape index (κ3) is 2.22. The summed E-state index contributed by atoms with van der Waals surface area (Å²) in [4.78, 5) is 25.0. The van der Waals surface area contributed by atoms with E-state index < -0.39 is 47.9 Å². The van der Waals surface area contributed by atoms with Gasteiger partial charge in [-0.25, -0.2) is 9.18 Å². The number of ether oxygens (including phenoxy) is 3. The number of hydrogen-bond acceptors (Lipinski definition) is 6. The highest BCUT2D eigenvalue weighted by molar-refractivity contribution is 5.02. The Kier molecular flexibility index (Phi) is 3.06. The molecule has 1 unspecified atom stereocenters. The molecule has 0 spiro atoms. The average Bonchev–Trinajstić information content (AvgIpc) is 2.84. The van der Waals surface area contributed by atoms with Gasteiger partial charge in [0.2, 0.25) is 0 Å². The summed E-state index contributed by atoms with van der Waals surface area (Å²) in [6.07, 6.45) is -2.08. The first kappa shape index (κ1) is 14.4. The number of nitrogens with one attached hydrogen (secondary N) is 1. The Bertz CT molecular complexity index is 670. The fraction of sp³-hybridized carbons (Fsp3) is 0.667. The van der Waals surface area contributed by atoms with Crippen LogP contribution in [-0.4, -0.2) is 45.1 Å². The molecule has 4 atom stereocenters. The van der Waals surface area contributed by atoms with E-state index in [0.717, 1.165) is 10.6 Å². The molecule has 2 fully saturated rings. The Morgan fingerprint density at radius 2 is 2.10 bits per heavy atom. The first-order valence-corrected chi connectivity index (χ1v) is 6.40. The molecule has 1 aromatic heterocycles. The summed E-state index contributed by atoms with van der Waals surface area (Å²) < 4.78 is 31.8. The van der Waals surface area contributed by atoms with E-state index in [4.69, 9.17) is 14.2 Å². The van der Waals surface area contributed by atoms with E-state index >= 15 is 0 Å². The van der Waals surface area contributed by atoms with Crippen LogP contribution in [0.5, 0.6) is 0 Å². The first-order chi connectivity index (χ1) is 9.76. The largest absolute Gasteiger partial charge is 0.390 e. The van der Waals surface area contributed by atoms with Crippen LogP contribution in [0.3, 0.4) is 0 Å². The predicted octanol–water partition coefficient (Wildman–Crippen LogP) is -0.756. The molecule has 2 N–H and O–H groups in total. The smallest absolute Gasteiger partial charge is 0.330 e. The zero-order valence-electron chi connectivity index (χ0n) is 11.4. The molecule has 1 aromatic rings. The average molecular weight is 302 g/mol. The minimum Gasteiger partial charge on any atom is -0.390 e. The van der Waals surface area contributed by atoms with Crippen molar-refractivity contribution in [2.75, 3.05) is 6.61 Å². The molecule has 2 saturated heterocycles. The van der Waals surface area contributed by atoms with Crippen molar-refractivity contribution in [2.45, 2.75) is 43.9 Å². The summed E-state index contributed by atoms with van der Waals surface area (Å²) in [6, 6.07) is 1.11. The lowest BCUT2D eigenvalue weighted by atomic mass is 10.1. The molecule has 8 nitrogen and oxygen atoms in total. The summed E-state index contributed by atoms with van der Waals surface area (Å²) >= 11 is 0.